The highest BCUT2D eigenvalue weighted by Crippen LogP contribution is 2.18. The Morgan fingerprint density at radius 3 is 2.67 bits per heavy atom. The van der Waals surface area contributed by atoms with Gasteiger partial charge in [0.05, 0.1) is 11.9 Å². The third kappa shape index (κ3) is 3.67. The van der Waals surface area contributed by atoms with Gasteiger partial charge in [-0.05, 0) is 31.0 Å². The van der Waals surface area contributed by atoms with Crippen molar-refractivity contribution in [1.82, 2.24) is 9.55 Å². The van der Waals surface area contributed by atoms with Crippen LogP contribution in [0.3, 0.4) is 0 Å². The van der Waals surface area contributed by atoms with E-state index in [0.717, 1.165) is 5.56 Å². The fourth-order valence-corrected chi connectivity index (χ4v) is 1.92. The minimum absolute atomic E-state index is 0.253. The molecule has 0 saturated carbocycles. The van der Waals surface area contributed by atoms with Crippen molar-refractivity contribution in [3.05, 3.63) is 54.4 Å². The zero-order valence-electron chi connectivity index (χ0n) is 10.4. The number of benzene rings is 1. The van der Waals surface area contributed by atoms with Gasteiger partial charge in [0.2, 0.25) is 0 Å². The maximum atomic E-state index is 12.8. The molecule has 0 saturated heterocycles. The third-order valence-electron chi connectivity index (χ3n) is 2.97. The number of halogens is 1. The predicted molar refractivity (Wildman–Crippen MR) is 67.6 cm³/mol. The van der Waals surface area contributed by atoms with E-state index in [2.05, 4.69) is 4.98 Å². The van der Waals surface area contributed by atoms with E-state index in [-0.39, 0.29) is 5.82 Å². The van der Waals surface area contributed by atoms with Gasteiger partial charge < -0.3 is 9.67 Å². The molecular weight excluding hydrogens is 231 g/mol. The summed E-state index contributed by atoms with van der Waals surface area (Å²) < 4.78 is 14.7. The Kier molecular flexibility index (Phi) is 3.77. The first-order chi connectivity index (χ1) is 8.55. The van der Waals surface area contributed by atoms with E-state index in [1.807, 2.05) is 10.8 Å². The van der Waals surface area contributed by atoms with E-state index in [9.17, 15) is 9.50 Å². The van der Waals surface area contributed by atoms with Gasteiger partial charge in [-0.2, -0.15) is 0 Å². The van der Waals surface area contributed by atoms with Crippen molar-refractivity contribution < 1.29 is 9.50 Å². The summed E-state index contributed by atoms with van der Waals surface area (Å²) in [7, 11) is 0. The molecule has 96 valence electrons. The lowest BCUT2D eigenvalue weighted by Crippen LogP contribution is -2.28. The summed E-state index contributed by atoms with van der Waals surface area (Å²) >= 11 is 0. The van der Waals surface area contributed by atoms with Crippen molar-refractivity contribution in [2.24, 2.45) is 0 Å². The van der Waals surface area contributed by atoms with Crippen LogP contribution in [0.1, 0.15) is 18.9 Å². The molecule has 1 aromatic carbocycles. The average molecular weight is 248 g/mol. The molecule has 1 heterocycles. The fraction of sp³-hybridized carbons (Fsp3) is 0.357. The van der Waals surface area contributed by atoms with Crippen LogP contribution in [0.4, 0.5) is 4.39 Å². The molecule has 4 heteroatoms. The van der Waals surface area contributed by atoms with E-state index in [4.69, 9.17) is 0 Å². The molecule has 1 atom stereocenters. The first-order valence-electron chi connectivity index (χ1n) is 5.98. The smallest absolute Gasteiger partial charge is 0.123 e. The summed E-state index contributed by atoms with van der Waals surface area (Å²) in [6, 6.07) is 6.25. The van der Waals surface area contributed by atoms with Gasteiger partial charge in [-0.15, -0.1) is 0 Å². The molecule has 0 bridgehead atoms. The Bertz CT molecular complexity index is 477. The summed E-state index contributed by atoms with van der Waals surface area (Å²) in [6.45, 7) is 2.52. The van der Waals surface area contributed by atoms with Crippen LogP contribution in [-0.4, -0.2) is 20.3 Å². The van der Waals surface area contributed by atoms with E-state index < -0.39 is 5.60 Å². The zero-order chi connectivity index (χ0) is 13.0. The number of nitrogens with zero attached hydrogens (tertiary/aromatic N) is 2. The number of aromatic nitrogens is 2. The van der Waals surface area contributed by atoms with Crippen molar-refractivity contribution in [1.29, 1.82) is 0 Å². The molecule has 1 aromatic heterocycles. The molecule has 1 N–H and O–H groups in total. The monoisotopic (exact) mass is 248 g/mol. The molecule has 0 fully saturated rings. The largest absolute Gasteiger partial charge is 0.390 e. The highest BCUT2D eigenvalue weighted by molar-refractivity contribution is 5.17. The lowest BCUT2D eigenvalue weighted by Gasteiger charge is -2.23. The van der Waals surface area contributed by atoms with Crippen LogP contribution < -0.4 is 0 Å². The van der Waals surface area contributed by atoms with Gasteiger partial charge >= 0.3 is 0 Å². The molecule has 3 nitrogen and oxygen atoms in total. The number of imidazole rings is 1. The number of hydrogen-bond acceptors (Lipinski definition) is 2. The minimum atomic E-state index is -0.803. The average Bonchev–Trinajstić information content (AvgIpc) is 2.83. The quantitative estimate of drug-likeness (QED) is 0.882. The molecule has 0 amide bonds. The Hall–Kier alpha value is -1.68. The third-order valence-corrected chi connectivity index (χ3v) is 2.97. The fourth-order valence-electron chi connectivity index (χ4n) is 1.92. The van der Waals surface area contributed by atoms with Crippen LogP contribution in [0.5, 0.6) is 0 Å². The Morgan fingerprint density at radius 2 is 2.06 bits per heavy atom. The van der Waals surface area contributed by atoms with Crippen LogP contribution in [-0.2, 0) is 13.0 Å². The second-order valence-electron chi connectivity index (χ2n) is 4.85. The van der Waals surface area contributed by atoms with E-state index in [1.54, 1.807) is 31.6 Å². The van der Waals surface area contributed by atoms with Crippen molar-refractivity contribution in [2.45, 2.75) is 31.9 Å². The summed E-state index contributed by atoms with van der Waals surface area (Å²) in [6.07, 6.45) is 6.46. The van der Waals surface area contributed by atoms with Crippen molar-refractivity contribution in [3.63, 3.8) is 0 Å². The molecule has 0 aliphatic carbocycles. The summed E-state index contributed by atoms with van der Waals surface area (Å²) in [5.41, 5.74) is 0.134. The molecule has 0 aliphatic heterocycles. The maximum Gasteiger partial charge on any atom is 0.123 e. The predicted octanol–water partition coefficient (Wildman–Crippen LogP) is 2.41. The minimum Gasteiger partial charge on any atom is -0.390 e. The topological polar surface area (TPSA) is 38.0 Å². The van der Waals surface area contributed by atoms with Gasteiger partial charge in [-0.25, -0.2) is 9.37 Å². The van der Waals surface area contributed by atoms with Gasteiger partial charge in [0, 0.05) is 25.4 Å². The molecule has 1 unspecified atom stereocenters. The molecule has 18 heavy (non-hydrogen) atoms. The molecule has 0 aliphatic rings. The number of hydrogen-bond donors (Lipinski definition) is 1. The standard InChI is InChI=1S/C14H17FN2O/c1-14(18,6-8-17-9-7-16-11-17)10-12-2-4-13(15)5-3-12/h2-5,7,9,11,18H,6,8,10H2,1H3. The second kappa shape index (κ2) is 5.31. The van der Waals surface area contributed by atoms with Gasteiger partial charge in [-0.1, -0.05) is 12.1 Å². The van der Waals surface area contributed by atoms with E-state index in [0.29, 0.717) is 19.4 Å². The summed E-state index contributed by atoms with van der Waals surface area (Å²) in [4.78, 5) is 3.96. The molecule has 0 radical (unpaired) electrons. The number of aliphatic hydroxyl groups is 1. The summed E-state index contributed by atoms with van der Waals surface area (Å²) in [5, 5.41) is 10.3. The second-order valence-corrected chi connectivity index (χ2v) is 4.85. The summed E-state index contributed by atoms with van der Waals surface area (Å²) in [5.74, 6) is -0.253. The lowest BCUT2D eigenvalue weighted by molar-refractivity contribution is 0.0467. The van der Waals surface area contributed by atoms with Gasteiger partial charge in [0.1, 0.15) is 5.82 Å². The maximum absolute atomic E-state index is 12.8. The van der Waals surface area contributed by atoms with Crippen LogP contribution in [0, 0.1) is 5.82 Å². The van der Waals surface area contributed by atoms with Crippen LogP contribution in [0.2, 0.25) is 0 Å². The Labute approximate surface area is 106 Å². The zero-order valence-corrected chi connectivity index (χ0v) is 10.4. The molecule has 2 aromatic rings. The Balaban J connectivity index is 1.92. The first kappa shape index (κ1) is 12.8. The molecular formula is C14H17FN2O. The Morgan fingerprint density at radius 1 is 1.33 bits per heavy atom. The SMILES string of the molecule is CC(O)(CCn1ccnc1)Cc1ccc(F)cc1. The van der Waals surface area contributed by atoms with Crippen LogP contribution >= 0.6 is 0 Å². The van der Waals surface area contributed by atoms with Gasteiger partial charge in [-0.3, -0.25) is 0 Å². The van der Waals surface area contributed by atoms with Crippen LogP contribution in [0.15, 0.2) is 43.0 Å². The number of aryl methyl sites for hydroxylation is 1. The highest BCUT2D eigenvalue weighted by Gasteiger charge is 2.20. The highest BCUT2D eigenvalue weighted by atomic mass is 19.1. The van der Waals surface area contributed by atoms with Crippen molar-refractivity contribution >= 4 is 0 Å². The van der Waals surface area contributed by atoms with Crippen molar-refractivity contribution in [2.75, 3.05) is 0 Å². The van der Waals surface area contributed by atoms with Crippen LogP contribution in [0.25, 0.3) is 0 Å². The number of rotatable bonds is 5. The van der Waals surface area contributed by atoms with Gasteiger partial charge in [0.25, 0.3) is 0 Å². The van der Waals surface area contributed by atoms with E-state index >= 15 is 0 Å². The van der Waals surface area contributed by atoms with Crippen molar-refractivity contribution in [3.8, 4) is 0 Å². The normalized spacial score (nSPS) is 14.4. The van der Waals surface area contributed by atoms with E-state index in [1.165, 1.54) is 12.1 Å². The first-order valence-corrected chi connectivity index (χ1v) is 5.98. The lowest BCUT2D eigenvalue weighted by atomic mass is 9.93. The van der Waals surface area contributed by atoms with Gasteiger partial charge in [0.15, 0.2) is 0 Å². The molecule has 0 spiro atoms. The molecule has 2 rings (SSSR count).